The Morgan fingerprint density at radius 3 is 2.55 bits per heavy atom. The van der Waals surface area contributed by atoms with Crippen molar-refractivity contribution in [3.05, 3.63) is 65.2 Å². The van der Waals surface area contributed by atoms with E-state index in [1.54, 1.807) is 16.7 Å². The van der Waals surface area contributed by atoms with Gasteiger partial charge in [0.15, 0.2) is 0 Å². The molecule has 8 heteroatoms. The number of aliphatic hydroxyl groups is 1. The zero-order valence-electron chi connectivity index (χ0n) is 22.5. The van der Waals surface area contributed by atoms with E-state index in [1.807, 2.05) is 69.3 Å². The number of rotatable bonds is 8. The van der Waals surface area contributed by atoms with Crippen LogP contribution in [0.4, 0.5) is 5.69 Å². The maximum absolute atomic E-state index is 14.4. The number of aryl methyl sites for hydroxylation is 2. The van der Waals surface area contributed by atoms with E-state index < -0.39 is 33.4 Å². The third-order valence-electron chi connectivity index (χ3n) is 8.64. The van der Waals surface area contributed by atoms with Gasteiger partial charge in [0.2, 0.25) is 17.7 Å². The molecule has 202 valence electrons. The molecule has 6 atom stereocenters. The lowest BCUT2D eigenvalue weighted by molar-refractivity contribution is -0.142. The predicted octanol–water partition coefficient (Wildman–Crippen LogP) is 3.98. The maximum atomic E-state index is 14.4. The van der Waals surface area contributed by atoms with Gasteiger partial charge in [-0.15, -0.1) is 11.8 Å². The summed E-state index contributed by atoms with van der Waals surface area (Å²) in [6, 6.07) is 13.7. The Morgan fingerprint density at radius 2 is 1.87 bits per heavy atom. The van der Waals surface area contributed by atoms with E-state index in [1.165, 1.54) is 0 Å². The van der Waals surface area contributed by atoms with E-state index in [4.69, 9.17) is 0 Å². The molecule has 0 aliphatic carbocycles. The average molecular weight is 536 g/mol. The quantitative estimate of drug-likeness (QED) is 0.475. The molecule has 7 nitrogen and oxygen atoms in total. The van der Waals surface area contributed by atoms with Crippen molar-refractivity contribution >= 4 is 35.2 Å². The Hall–Kier alpha value is -2.84. The van der Waals surface area contributed by atoms with Gasteiger partial charge in [-0.25, -0.2) is 0 Å². The minimum Gasteiger partial charge on any atom is -0.394 e. The van der Waals surface area contributed by atoms with Gasteiger partial charge >= 0.3 is 0 Å². The summed E-state index contributed by atoms with van der Waals surface area (Å²) in [5.41, 5.74) is 3.43. The number of fused-ring (bicyclic) bond motifs is 1. The Bertz CT molecular complexity index is 1250. The summed E-state index contributed by atoms with van der Waals surface area (Å²) in [7, 11) is 0. The number of hydrogen-bond donors (Lipinski definition) is 3. The molecule has 3 aliphatic rings. The van der Waals surface area contributed by atoms with Crippen molar-refractivity contribution in [3.63, 3.8) is 0 Å². The second-order valence-corrected chi connectivity index (χ2v) is 13.1. The van der Waals surface area contributed by atoms with Crippen LogP contribution < -0.4 is 10.6 Å². The minimum absolute atomic E-state index is 0.113. The average Bonchev–Trinajstić information content (AvgIpc) is 3.47. The van der Waals surface area contributed by atoms with Crippen molar-refractivity contribution in [2.45, 2.75) is 68.5 Å². The number of carbonyl (C=O) groups is 3. The van der Waals surface area contributed by atoms with E-state index in [0.717, 1.165) is 29.5 Å². The van der Waals surface area contributed by atoms with E-state index in [9.17, 15) is 19.5 Å². The first-order valence-corrected chi connectivity index (χ1v) is 14.3. The fourth-order valence-electron chi connectivity index (χ4n) is 6.86. The van der Waals surface area contributed by atoms with Crippen LogP contribution in [0.5, 0.6) is 0 Å². The van der Waals surface area contributed by atoms with E-state index in [-0.39, 0.29) is 24.3 Å². The van der Waals surface area contributed by atoms with Crippen molar-refractivity contribution < 1.29 is 19.5 Å². The van der Waals surface area contributed by atoms with Crippen LogP contribution in [0.25, 0.3) is 0 Å². The number of carbonyl (C=O) groups excluding carboxylic acids is 3. The van der Waals surface area contributed by atoms with Crippen LogP contribution in [0.3, 0.4) is 0 Å². The Balaban J connectivity index is 1.61. The zero-order chi connectivity index (χ0) is 27.2. The molecule has 2 bridgehead atoms. The van der Waals surface area contributed by atoms with Crippen LogP contribution >= 0.6 is 11.8 Å². The SMILES string of the molecule is CCCNC(=O)[C@@H]1[C@H]2C(=O)N([C@H](CO)c3ccccc3)C(C(=O)Nc3cc(C)ccc3C)C23CC[C@@]1(C)S3. The van der Waals surface area contributed by atoms with Crippen molar-refractivity contribution in [1.82, 2.24) is 10.2 Å². The summed E-state index contributed by atoms with van der Waals surface area (Å²) in [6.45, 7) is 8.22. The number of nitrogens with zero attached hydrogens (tertiary/aromatic N) is 1. The second kappa shape index (κ2) is 10.0. The topological polar surface area (TPSA) is 98.7 Å². The van der Waals surface area contributed by atoms with Crippen molar-refractivity contribution in [3.8, 4) is 0 Å². The first-order valence-electron chi connectivity index (χ1n) is 13.5. The number of thioether (sulfide) groups is 1. The lowest BCUT2D eigenvalue weighted by atomic mass is 9.66. The molecule has 3 aliphatic heterocycles. The molecule has 3 fully saturated rings. The molecule has 3 heterocycles. The molecule has 3 saturated heterocycles. The van der Waals surface area contributed by atoms with Gasteiger partial charge in [-0.2, -0.15) is 0 Å². The Labute approximate surface area is 228 Å². The third-order valence-corrected chi connectivity index (χ3v) is 10.6. The first kappa shape index (κ1) is 26.8. The third kappa shape index (κ3) is 4.13. The Morgan fingerprint density at radius 1 is 1.13 bits per heavy atom. The molecule has 3 N–H and O–H groups in total. The molecule has 3 amide bonds. The Kier molecular flexibility index (Phi) is 7.07. The molecule has 2 aromatic carbocycles. The fraction of sp³-hybridized carbons (Fsp3) is 0.500. The summed E-state index contributed by atoms with van der Waals surface area (Å²) in [5, 5.41) is 16.7. The molecule has 38 heavy (non-hydrogen) atoms. The van der Waals surface area contributed by atoms with Crippen molar-refractivity contribution in [2.24, 2.45) is 11.8 Å². The molecule has 2 aromatic rings. The molecule has 0 saturated carbocycles. The number of aliphatic hydroxyl groups excluding tert-OH is 1. The number of likely N-dealkylation sites (tertiary alicyclic amines) is 1. The van der Waals surface area contributed by atoms with Crippen LogP contribution in [0.2, 0.25) is 0 Å². The fourth-order valence-corrected chi connectivity index (χ4v) is 9.20. The largest absolute Gasteiger partial charge is 0.394 e. The van der Waals surface area contributed by atoms with Gasteiger partial charge < -0.3 is 20.6 Å². The highest BCUT2D eigenvalue weighted by molar-refractivity contribution is 8.02. The van der Waals surface area contributed by atoms with Gasteiger partial charge in [0, 0.05) is 17.0 Å². The summed E-state index contributed by atoms with van der Waals surface area (Å²) < 4.78 is -1.17. The number of hydrogen-bond acceptors (Lipinski definition) is 5. The summed E-state index contributed by atoms with van der Waals surface area (Å²) in [6.07, 6.45) is 2.22. The smallest absolute Gasteiger partial charge is 0.248 e. The highest BCUT2D eigenvalue weighted by Crippen LogP contribution is 2.72. The number of nitrogens with one attached hydrogen (secondary N) is 2. The first-order chi connectivity index (χ1) is 18.2. The van der Waals surface area contributed by atoms with Crippen molar-refractivity contribution in [2.75, 3.05) is 18.5 Å². The van der Waals surface area contributed by atoms with Crippen LogP contribution in [0.1, 0.15) is 55.8 Å². The molecular weight excluding hydrogens is 498 g/mol. The highest BCUT2D eigenvalue weighted by Gasteiger charge is 2.77. The van der Waals surface area contributed by atoms with Crippen LogP contribution in [0.15, 0.2) is 48.5 Å². The molecule has 2 unspecified atom stereocenters. The van der Waals surface area contributed by atoms with Crippen molar-refractivity contribution in [1.29, 1.82) is 0 Å². The monoisotopic (exact) mass is 535 g/mol. The van der Waals surface area contributed by atoms with E-state index >= 15 is 0 Å². The molecular formula is C30H37N3O4S. The normalized spacial score (nSPS) is 30.3. The van der Waals surface area contributed by atoms with E-state index in [0.29, 0.717) is 18.7 Å². The van der Waals surface area contributed by atoms with E-state index in [2.05, 4.69) is 17.6 Å². The molecule has 0 aromatic heterocycles. The number of benzene rings is 2. The van der Waals surface area contributed by atoms with Gasteiger partial charge in [0.05, 0.1) is 29.2 Å². The molecule has 5 rings (SSSR count). The highest BCUT2D eigenvalue weighted by atomic mass is 32.2. The predicted molar refractivity (Wildman–Crippen MR) is 150 cm³/mol. The maximum Gasteiger partial charge on any atom is 0.248 e. The van der Waals surface area contributed by atoms with Gasteiger partial charge in [-0.3, -0.25) is 14.4 Å². The number of anilines is 1. The standard InChI is InChI=1S/C30H37N3O4S/c1-5-15-31-26(35)23-24-28(37)33(22(17-34)20-9-7-6-8-10-20)25(30(24)14-13-29(23,4)38-30)27(36)32-21-16-18(2)11-12-19(21)3/h6-12,16,22-25,34H,5,13-15,17H2,1-4H3,(H,31,35)(H,32,36)/t22-,23+,24+,25?,29-,30?/m1/s1. The van der Waals surface area contributed by atoms with Crippen LogP contribution in [0, 0.1) is 25.7 Å². The van der Waals surface area contributed by atoms with Crippen LogP contribution in [-0.2, 0) is 14.4 Å². The van der Waals surface area contributed by atoms with Gasteiger partial charge in [-0.1, -0.05) is 49.4 Å². The van der Waals surface area contributed by atoms with Gasteiger partial charge in [0.1, 0.15) is 6.04 Å². The molecule has 0 radical (unpaired) electrons. The lowest BCUT2D eigenvalue weighted by Gasteiger charge is -2.37. The summed E-state index contributed by atoms with van der Waals surface area (Å²) in [5.74, 6) is -1.76. The lowest BCUT2D eigenvalue weighted by Crippen LogP contribution is -2.53. The summed E-state index contributed by atoms with van der Waals surface area (Å²) in [4.78, 5) is 43.8. The summed E-state index contributed by atoms with van der Waals surface area (Å²) >= 11 is 1.64. The second-order valence-electron chi connectivity index (χ2n) is 11.2. The zero-order valence-corrected chi connectivity index (χ0v) is 23.3. The molecule has 1 spiro atoms. The van der Waals surface area contributed by atoms with Crippen LogP contribution in [-0.4, -0.2) is 56.4 Å². The van der Waals surface area contributed by atoms with Gasteiger partial charge in [-0.05, 0) is 62.8 Å². The minimum atomic E-state index is -0.826. The number of amides is 3. The van der Waals surface area contributed by atoms with Gasteiger partial charge in [0.25, 0.3) is 0 Å².